The lowest BCUT2D eigenvalue weighted by molar-refractivity contribution is 0.150. The molecule has 0 aliphatic carbocycles. The van der Waals surface area contributed by atoms with E-state index < -0.39 is 6.09 Å². The number of rotatable bonds is 3. The van der Waals surface area contributed by atoms with Crippen molar-refractivity contribution in [3.8, 4) is 0 Å². The molecule has 1 heterocycles. The van der Waals surface area contributed by atoms with Gasteiger partial charge in [0.05, 0.1) is 6.61 Å². The fraction of sp³-hybridized carbons (Fsp3) is 0.250. The van der Waals surface area contributed by atoms with Gasteiger partial charge in [-0.05, 0) is 23.8 Å². The van der Waals surface area contributed by atoms with Crippen molar-refractivity contribution in [2.75, 3.05) is 13.7 Å². The van der Waals surface area contributed by atoms with Gasteiger partial charge in [0.25, 0.3) is 0 Å². The second kappa shape index (κ2) is 4.86. The lowest BCUT2D eigenvalue weighted by Crippen LogP contribution is -2.20. The number of carbonyl (C=O) groups excluding carboxylic acids is 1. The lowest BCUT2D eigenvalue weighted by Gasteiger charge is -2.02. The first-order valence-corrected chi connectivity index (χ1v) is 5.30. The Bertz CT molecular complexity index is 536. The number of H-pyrrole nitrogens is 1. The Kier molecular flexibility index (Phi) is 3.27. The van der Waals surface area contributed by atoms with E-state index in [9.17, 15) is 9.18 Å². The van der Waals surface area contributed by atoms with Crippen LogP contribution in [-0.2, 0) is 11.2 Å². The highest BCUT2D eigenvalue weighted by molar-refractivity contribution is 5.83. The van der Waals surface area contributed by atoms with E-state index in [1.807, 2.05) is 0 Å². The number of aromatic nitrogens is 1. The van der Waals surface area contributed by atoms with Crippen LogP contribution in [-0.4, -0.2) is 24.7 Å². The molecule has 17 heavy (non-hydrogen) atoms. The number of benzene rings is 1. The number of hydrogen-bond donors (Lipinski definition) is 2. The molecule has 2 N–H and O–H groups in total. The molecule has 1 aromatic heterocycles. The van der Waals surface area contributed by atoms with Gasteiger partial charge in [-0.1, -0.05) is 0 Å². The molecule has 0 bridgehead atoms. The number of nitrogens with one attached hydrogen (secondary N) is 2. The molecule has 90 valence electrons. The van der Waals surface area contributed by atoms with Gasteiger partial charge in [-0.3, -0.25) is 0 Å². The van der Waals surface area contributed by atoms with Gasteiger partial charge in [0, 0.05) is 30.6 Å². The smallest absolute Gasteiger partial charge is 0.406 e. The Morgan fingerprint density at radius 2 is 2.35 bits per heavy atom. The maximum Gasteiger partial charge on any atom is 0.406 e. The van der Waals surface area contributed by atoms with Crippen LogP contribution in [0.25, 0.3) is 10.9 Å². The summed E-state index contributed by atoms with van der Waals surface area (Å²) in [5, 5.41) is 3.32. The third-order valence-corrected chi connectivity index (χ3v) is 2.54. The summed E-state index contributed by atoms with van der Waals surface area (Å²) < 4.78 is 17.9. The van der Waals surface area contributed by atoms with Crippen LogP contribution in [0.15, 0.2) is 24.4 Å². The summed E-state index contributed by atoms with van der Waals surface area (Å²) in [7, 11) is 1.51. The number of halogens is 1. The van der Waals surface area contributed by atoms with E-state index in [2.05, 4.69) is 10.3 Å². The summed E-state index contributed by atoms with van der Waals surface area (Å²) >= 11 is 0. The van der Waals surface area contributed by atoms with E-state index in [1.54, 1.807) is 12.3 Å². The van der Waals surface area contributed by atoms with Gasteiger partial charge < -0.3 is 15.0 Å². The molecule has 0 fully saturated rings. The molecule has 0 aliphatic heterocycles. The summed E-state index contributed by atoms with van der Waals surface area (Å²) in [6, 6.07) is 4.58. The summed E-state index contributed by atoms with van der Waals surface area (Å²) in [5.74, 6) is -0.271. The molecular formula is C12H13FN2O2. The molecule has 0 spiro atoms. The van der Waals surface area contributed by atoms with Gasteiger partial charge in [-0.2, -0.15) is 0 Å². The molecule has 0 aliphatic rings. The van der Waals surface area contributed by atoms with Crippen molar-refractivity contribution in [3.63, 3.8) is 0 Å². The number of amides is 1. The van der Waals surface area contributed by atoms with Gasteiger partial charge in [-0.25, -0.2) is 9.18 Å². The first kappa shape index (κ1) is 11.4. The van der Waals surface area contributed by atoms with E-state index in [4.69, 9.17) is 4.74 Å². The number of fused-ring (bicyclic) bond motifs is 1. The van der Waals surface area contributed by atoms with Crippen molar-refractivity contribution in [2.24, 2.45) is 0 Å². The van der Waals surface area contributed by atoms with Crippen molar-refractivity contribution in [2.45, 2.75) is 6.42 Å². The highest BCUT2D eigenvalue weighted by atomic mass is 19.1. The van der Waals surface area contributed by atoms with Crippen LogP contribution < -0.4 is 5.32 Å². The second-order valence-electron chi connectivity index (χ2n) is 3.64. The first-order chi connectivity index (χ1) is 8.20. The Labute approximate surface area is 97.8 Å². The molecule has 4 nitrogen and oxygen atoms in total. The zero-order valence-electron chi connectivity index (χ0n) is 9.42. The maximum atomic E-state index is 13.0. The van der Waals surface area contributed by atoms with Crippen LogP contribution in [0.2, 0.25) is 0 Å². The minimum absolute atomic E-state index is 0.271. The van der Waals surface area contributed by atoms with E-state index >= 15 is 0 Å². The topological polar surface area (TPSA) is 54.1 Å². The summed E-state index contributed by atoms with van der Waals surface area (Å²) in [5.41, 5.74) is 1.75. The van der Waals surface area contributed by atoms with E-state index in [-0.39, 0.29) is 5.82 Å². The van der Waals surface area contributed by atoms with Crippen LogP contribution in [0.4, 0.5) is 9.18 Å². The molecule has 1 amide bonds. The highest BCUT2D eigenvalue weighted by Gasteiger charge is 2.05. The Morgan fingerprint density at radius 1 is 1.53 bits per heavy atom. The van der Waals surface area contributed by atoms with E-state index in [0.717, 1.165) is 16.5 Å². The predicted molar refractivity (Wildman–Crippen MR) is 62.4 cm³/mol. The molecule has 2 aromatic rings. The molecule has 2 rings (SSSR count). The fourth-order valence-corrected chi connectivity index (χ4v) is 1.69. The highest BCUT2D eigenvalue weighted by Crippen LogP contribution is 2.19. The summed E-state index contributed by atoms with van der Waals surface area (Å²) in [6.07, 6.45) is 1.95. The van der Waals surface area contributed by atoms with Gasteiger partial charge in [0.2, 0.25) is 0 Å². The van der Waals surface area contributed by atoms with Crippen LogP contribution in [0, 0.1) is 5.82 Å². The minimum Gasteiger partial charge on any atom is -0.449 e. The Morgan fingerprint density at radius 3 is 3.12 bits per heavy atom. The number of aromatic amines is 1. The third kappa shape index (κ3) is 2.55. The molecule has 0 atom stereocenters. The third-order valence-electron chi connectivity index (χ3n) is 2.54. The average molecular weight is 236 g/mol. The van der Waals surface area contributed by atoms with Crippen LogP contribution in [0.1, 0.15) is 5.56 Å². The zero-order chi connectivity index (χ0) is 12.3. The Balaban J connectivity index is 2.06. The largest absolute Gasteiger partial charge is 0.449 e. The molecule has 0 saturated carbocycles. The summed E-state index contributed by atoms with van der Waals surface area (Å²) in [4.78, 5) is 13.8. The SMILES string of the molecule is CNC(=O)OCCc1c[nH]c2cc(F)ccc12. The molecule has 1 aromatic carbocycles. The quantitative estimate of drug-likeness (QED) is 0.858. The molecule has 0 unspecified atom stereocenters. The number of alkyl carbamates (subject to hydrolysis) is 1. The van der Waals surface area contributed by atoms with Gasteiger partial charge in [-0.15, -0.1) is 0 Å². The molecular weight excluding hydrogens is 223 g/mol. The molecule has 0 saturated heterocycles. The zero-order valence-corrected chi connectivity index (χ0v) is 9.42. The first-order valence-electron chi connectivity index (χ1n) is 5.30. The van der Waals surface area contributed by atoms with Crippen molar-refractivity contribution in [3.05, 3.63) is 35.8 Å². The standard InChI is InChI=1S/C12H13FN2O2/c1-14-12(16)17-5-4-8-7-15-11-6-9(13)2-3-10(8)11/h2-3,6-7,15H,4-5H2,1H3,(H,14,16). The van der Waals surface area contributed by atoms with Crippen molar-refractivity contribution in [1.82, 2.24) is 10.3 Å². The number of hydrogen-bond acceptors (Lipinski definition) is 2. The van der Waals surface area contributed by atoms with Gasteiger partial charge in [0.15, 0.2) is 0 Å². The van der Waals surface area contributed by atoms with Crippen molar-refractivity contribution >= 4 is 17.0 Å². The van der Waals surface area contributed by atoms with Crippen molar-refractivity contribution in [1.29, 1.82) is 0 Å². The monoisotopic (exact) mass is 236 g/mol. The normalized spacial score (nSPS) is 10.5. The van der Waals surface area contributed by atoms with Gasteiger partial charge >= 0.3 is 6.09 Å². The van der Waals surface area contributed by atoms with Gasteiger partial charge in [0.1, 0.15) is 5.82 Å². The van der Waals surface area contributed by atoms with Crippen LogP contribution in [0.3, 0.4) is 0 Å². The average Bonchev–Trinajstić information content (AvgIpc) is 2.71. The van der Waals surface area contributed by atoms with Crippen LogP contribution >= 0.6 is 0 Å². The number of ether oxygens (including phenoxy) is 1. The van der Waals surface area contributed by atoms with Crippen molar-refractivity contribution < 1.29 is 13.9 Å². The van der Waals surface area contributed by atoms with E-state index in [0.29, 0.717) is 13.0 Å². The minimum atomic E-state index is -0.448. The lowest BCUT2D eigenvalue weighted by atomic mass is 10.1. The predicted octanol–water partition coefficient (Wildman–Crippen LogP) is 2.21. The molecule has 0 radical (unpaired) electrons. The van der Waals surface area contributed by atoms with E-state index in [1.165, 1.54) is 19.2 Å². The molecule has 5 heteroatoms. The van der Waals surface area contributed by atoms with Crippen LogP contribution in [0.5, 0.6) is 0 Å². The Hall–Kier alpha value is -2.04. The summed E-state index contributed by atoms with van der Waals surface area (Å²) in [6.45, 7) is 0.296. The second-order valence-corrected chi connectivity index (χ2v) is 3.64. The number of carbonyl (C=O) groups is 1. The fourth-order valence-electron chi connectivity index (χ4n) is 1.69. The maximum absolute atomic E-state index is 13.0.